The summed E-state index contributed by atoms with van der Waals surface area (Å²) in [6.45, 7) is 0. The average Bonchev–Trinajstić information content (AvgIpc) is 2.28. The van der Waals surface area contributed by atoms with E-state index in [1.54, 1.807) is 31.3 Å². The number of anilines is 1. The van der Waals surface area contributed by atoms with E-state index in [1.807, 2.05) is 0 Å². The van der Waals surface area contributed by atoms with Crippen molar-refractivity contribution in [2.24, 2.45) is 0 Å². The van der Waals surface area contributed by atoms with Gasteiger partial charge in [-0.2, -0.15) is 0 Å². The minimum atomic E-state index is -0.187. The van der Waals surface area contributed by atoms with E-state index in [2.05, 4.69) is 10.6 Å². The number of rotatable bonds is 4. The molecule has 2 N–H and O–H groups in total. The molecule has 0 aromatic heterocycles. The van der Waals surface area contributed by atoms with Gasteiger partial charge in [-0.05, 0) is 18.2 Å². The summed E-state index contributed by atoms with van der Waals surface area (Å²) < 4.78 is 0. The largest absolute Gasteiger partial charge is 0.355 e. The summed E-state index contributed by atoms with van der Waals surface area (Å²) in [4.78, 5) is 22.6. The van der Waals surface area contributed by atoms with Crippen LogP contribution in [-0.4, -0.2) is 24.7 Å². The SMILES string of the molecule is CNC(=O)c1cccc(NC(=O)CCCl)c1. The zero-order valence-electron chi connectivity index (χ0n) is 8.92. The molecule has 0 unspecified atom stereocenters. The number of amides is 2. The number of carbonyl (C=O) groups excluding carboxylic acids is 2. The van der Waals surface area contributed by atoms with E-state index in [0.717, 1.165) is 0 Å². The van der Waals surface area contributed by atoms with Crippen molar-refractivity contribution in [3.63, 3.8) is 0 Å². The number of hydrogen-bond acceptors (Lipinski definition) is 2. The molecule has 1 rings (SSSR count). The fourth-order valence-electron chi connectivity index (χ4n) is 1.19. The molecule has 0 aliphatic carbocycles. The van der Waals surface area contributed by atoms with Crippen molar-refractivity contribution in [3.05, 3.63) is 29.8 Å². The standard InChI is InChI=1S/C11H13ClN2O2/c1-13-11(16)8-3-2-4-9(7-8)14-10(15)5-6-12/h2-4,7H,5-6H2,1H3,(H,13,16)(H,14,15). The molecule has 5 heteroatoms. The summed E-state index contributed by atoms with van der Waals surface area (Å²) in [7, 11) is 1.56. The highest BCUT2D eigenvalue weighted by molar-refractivity contribution is 6.19. The van der Waals surface area contributed by atoms with Gasteiger partial charge < -0.3 is 10.6 Å². The minimum absolute atomic E-state index is 0.163. The third-order valence-electron chi connectivity index (χ3n) is 1.96. The molecule has 0 spiro atoms. The molecule has 0 fully saturated rings. The Bertz CT molecular complexity index is 393. The molecule has 0 saturated heterocycles. The molecule has 0 heterocycles. The van der Waals surface area contributed by atoms with Gasteiger partial charge in [-0.15, -0.1) is 11.6 Å². The van der Waals surface area contributed by atoms with Crippen molar-refractivity contribution in [3.8, 4) is 0 Å². The number of hydrogen-bond donors (Lipinski definition) is 2. The molecular weight excluding hydrogens is 228 g/mol. The molecule has 1 aromatic rings. The van der Waals surface area contributed by atoms with Gasteiger partial charge in [0, 0.05) is 30.6 Å². The highest BCUT2D eigenvalue weighted by atomic mass is 35.5. The molecule has 0 bridgehead atoms. The second-order valence-corrected chi connectivity index (χ2v) is 3.53. The van der Waals surface area contributed by atoms with E-state index in [-0.39, 0.29) is 24.1 Å². The van der Waals surface area contributed by atoms with Crippen molar-refractivity contribution < 1.29 is 9.59 Å². The van der Waals surface area contributed by atoms with Crippen LogP contribution < -0.4 is 10.6 Å². The zero-order valence-corrected chi connectivity index (χ0v) is 9.67. The van der Waals surface area contributed by atoms with Crippen molar-refractivity contribution >= 4 is 29.1 Å². The Morgan fingerprint density at radius 2 is 2.12 bits per heavy atom. The fraction of sp³-hybridized carbons (Fsp3) is 0.273. The van der Waals surface area contributed by atoms with Gasteiger partial charge >= 0.3 is 0 Å². The summed E-state index contributed by atoms with van der Waals surface area (Å²) in [5.74, 6) is -0.0708. The highest BCUT2D eigenvalue weighted by Gasteiger charge is 2.05. The van der Waals surface area contributed by atoms with Gasteiger partial charge in [0.1, 0.15) is 0 Å². The molecule has 0 saturated carbocycles. The number of halogens is 1. The summed E-state index contributed by atoms with van der Waals surface area (Å²) in [6, 6.07) is 6.72. The van der Waals surface area contributed by atoms with E-state index in [0.29, 0.717) is 11.3 Å². The second kappa shape index (κ2) is 6.12. The smallest absolute Gasteiger partial charge is 0.251 e. The molecule has 4 nitrogen and oxygen atoms in total. The predicted molar refractivity (Wildman–Crippen MR) is 63.8 cm³/mol. The van der Waals surface area contributed by atoms with Crippen LogP contribution in [0.25, 0.3) is 0 Å². The lowest BCUT2D eigenvalue weighted by atomic mass is 10.2. The van der Waals surface area contributed by atoms with Gasteiger partial charge in [-0.1, -0.05) is 6.07 Å². The first kappa shape index (κ1) is 12.5. The van der Waals surface area contributed by atoms with Crippen LogP contribution in [-0.2, 0) is 4.79 Å². The van der Waals surface area contributed by atoms with Crippen LogP contribution in [0.2, 0.25) is 0 Å². The number of alkyl halides is 1. The lowest BCUT2D eigenvalue weighted by Gasteiger charge is -2.05. The maximum atomic E-state index is 11.3. The molecular formula is C11H13ClN2O2. The second-order valence-electron chi connectivity index (χ2n) is 3.15. The average molecular weight is 241 g/mol. The Hall–Kier alpha value is -1.55. The number of benzene rings is 1. The Morgan fingerprint density at radius 1 is 1.38 bits per heavy atom. The highest BCUT2D eigenvalue weighted by Crippen LogP contribution is 2.10. The summed E-state index contributed by atoms with van der Waals surface area (Å²) in [6.07, 6.45) is 0.256. The van der Waals surface area contributed by atoms with Crippen molar-refractivity contribution in [1.29, 1.82) is 0 Å². The van der Waals surface area contributed by atoms with Crippen molar-refractivity contribution in [2.75, 3.05) is 18.2 Å². The van der Waals surface area contributed by atoms with Gasteiger partial charge in [0.25, 0.3) is 5.91 Å². The van der Waals surface area contributed by atoms with Crippen molar-refractivity contribution in [1.82, 2.24) is 5.32 Å². The molecule has 0 atom stereocenters. The van der Waals surface area contributed by atoms with Crippen LogP contribution >= 0.6 is 11.6 Å². The molecule has 86 valence electrons. The van der Waals surface area contributed by atoms with Crippen LogP contribution in [0.3, 0.4) is 0 Å². The summed E-state index contributed by atoms with van der Waals surface area (Å²) in [5, 5.41) is 5.17. The lowest BCUT2D eigenvalue weighted by molar-refractivity contribution is -0.115. The maximum absolute atomic E-state index is 11.3. The predicted octanol–water partition coefficient (Wildman–Crippen LogP) is 1.61. The Labute approximate surface area is 99.0 Å². The third-order valence-corrected chi connectivity index (χ3v) is 2.15. The maximum Gasteiger partial charge on any atom is 0.251 e. The summed E-state index contributed by atoms with van der Waals surface area (Å²) in [5.41, 5.74) is 1.10. The topological polar surface area (TPSA) is 58.2 Å². The minimum Gasteiger partial charge on any atom is -0.355 e. The first-order valence-corrected chi connectivity index (χ1v) is 5.38. The number of nitrogens with one attached hydrogen (secondary N) is 2. The Kier molecular flexibility index (Phi) is 4.79. The molecule has 0 aliphatic rings. The van der Waals surface area contributed by atoms with Crippen LogP contribution in [0.1, 0.15) is 16.8 Å². The van der Waals surface area contributed by atoms with Gasteiger partial charge in [0.2, 0.25) is 5.91 Å². The molecule has 0 radical (unpaired) electrons. The Morgan fingerprint density at radius 3 is 2.75 bits per heavy atom. The molecule has 1 aromatic carbocycles. The van der Waals surface area contributed by atoms with E-state index in [9.17, 15) is 9.59 Å². The molecule has 16 heavy (non-hydrogen) atoms. The first-order chi connectivity index (χ1) is 7.67. The van der Waals surface area contributed by atoms with Crippen LogP contribution in [0.4, 0.5) is 5.69 Å². The molecule has 0 aliphatic heterocycles. The molecule has 2 amide bonds. The van der Waals surface area contributed by atoms with E-state index < -0.39 is 0 Å². The first-order valence-electron chi connectivity index (χ1n) is 4.85. The Balaban J connectivity index is 2.74. The van der Waals surface area contributed by atoms with Crippen molar-refractivity contribution in [2.45, 2.75) is 6.42 Å². The van der Waals surface area contributed by atoms with E-state index in [4.69, 9.17) is 11.6 Å². The normalized spacial score (nSPS) is 9.62. The van der Waals surface area contributed by atoms with Crippen LogP contribution in [0.15, 0.2) is 24.3 Å². The van der Waals surface area contributed by atoms with E-state index >= 15 is 0 Å². The van der Waals surface area contributed by atoms with Gasteiger partial charge in [-0.3, -0.25) is 9.59 Å². The monoisotopic (exact) mass is 240 g/mol. The third kappa shape index (κ3) is 3.55. The van der Waals surface area contributed by atoms with Gasteiger partial charge in [-0.25, -0.2) is 0 Å². The number of carbonyl (C=O) groups is 2. The van der Waals surface area contributed by atoms with Gasteiger partial charge in [0.15, 0.2) is 0 Å². The van der Waals surface area contributed by atoms with E-state index in [1.165, 1.54) is 0 Å². The fourth-order valence-corrected chi connectivity index (χ4v) is 1.36. The zero-order chi connectivity index (χ0) is 12.0. The van der Waals surface area contributed by atoms with Gasteiger partial charge in [0.05, 0.1) is 0 Å². The van der Waals surface area contributed by atoms with Crippen LogP contribution in [0, 0.1) is 0 Å². The van der Waals surface area contributed by atoms with Crippen LogP contribution in [0.5, 0.6) is 0 Å². The summed E-state index contributed by atoms with van der Waals surface area (Å²) >= 11 is 5.44. The lowest BCUT2D eigenvalue weighted by Crippen LogP contribution is -2.18. The quantitative estimate of drug-likeness (QED) is 0.786.